The Labute approximate surface area is 193 Å². The van der Waals surface area contributed by atoms with Gasteiger partial charge in [0, 0.05) is 18.7 Å². The number of rotatable bonds is 6. The smallest absolute Gasteiger partial charge is 0.330 e. The summed E-state index contributed by atoms with van der Waals surface area (Å²) in [5.74, 6) is 0. The molecular formula is C25H30N2O5Si. The summed E-state index contributed by atoms with van der Waals surface area (Å²) in [6.07, 6.45) is -0.440. The number of aliphatic hydroxyl groups excluding tert-OH is 1. The Kier molecular flexibility index (Phi) is 6.53. The topological polar surface area (TPSA) is 93.5 Å². The Morgan fingerprint density at radius 3 is 2.12 bits per heavy atom. The lowest BCUT2D eigenvalue weighted by atomic mass is 10.2. The molecule has 1 aliphatic heterocycles. The highest BCUT2D eigenvalue weighted by Crippen LogP contribution is 2.38. The lowest BCUT2D eigenvalue weighted by Crippen LogP contribution is -2.67. The largest absolute Gasteiger partial charge is 0.405 e. The zero-order valence-corrected chi connectivity index (χ0v) is 20.1. The van der Waals surface area contributed by atoms with E-state index in [0.29, 0.717) is 0 Å². The normalized spacial score (nSPS) is 21.3. The van der Waals surface area contributed by atoms with Crippen molar-refractivity contribution < 1.29 is 14.3 Å². The number of nitrogens with one attached hydrogen (secondary N) is 1. The van der Waals surface area contributed by atoms with E-state index in [1.54, 1.807) is 0 Å². The molecule has 1 fully saturated rings. The van der Waals surface area contributed by atoms with E-state index in [9.17, 15) is 14.7 Å². The summed E-state index contributed by atoms with van der Waals surface area (Å²) >= 11 is 0. The van der Waals surface area contributed by atoms with Gasteiger partial charge in [-0.1, -0.05) is 81.4 Å². The third-order valence-corrected chi connectivity index (χ3v) is 11.3. The molecule has 4 rings (SSSR count). The lowest BCUT2D eigenvalue weighted by Gasteiger charge is -2.43. The minimum atomic E-state index is -2.77. The number of hydrogen-bond acceptors (Lipinski definition) is 5. The molecule has 2 heterocycles. The average molecular weight is 467 g/mol. The zero-order chi connectivity index (χ0) is 23.6. The van der Waals surface area contributed by atoms with Crippen LogP contribution in [0.3, 0.4) is 0 Å². The molecule has 2 aromatic carbocycles. The number of aliphatic hydroxyl groups is 1. The number of ether oxygens (including phenoxy) is 1. The molecule has 8 heteroatoms. The Hall–Kier alpha value is -2.78. The van der Waals surface area contributed by atoms with E-state index in [0.717, 1.165) is 10.4 Å². The Morgan fingerprint density at radius 2 is 1.61 bits per heavy atom. The third-order valence-electron chi connectivity index (χ3n) is 6.25. The maximum absolute atomic E-state index is 12.2. The van der Waals surface area contributed by atoms with Crippen molar-refractivity contribution in [2.24, 2.45) is 0 Å². The molecule has 0 spiro atoms. The summed E-state index contributed by atoms with van der Waals surface area (Å²) in [6, 6.07) is 21.8. The molecule has 7 nitrogen and oxygen atoms in total. The number of H-pyrrole nitrogens is 1. The third kappa shape index (κ3) is 4.52. The predicted octanol–water partition coefficient (Wildman–Crippen LogP) is 1.76. The Bertz CT molecular complexity index is 1150. The molecular weight excluding hydrogens is 436 g/mol. The van der Waals surface area contributed by atoms with Crippen LogP contribution in [0.15, 0.2) is 82.5 Å². The minimum Gasteiger partial charge on any atom is -0.405 e. The molecule has 174 valence electrons. The van der Waals surface area contributed by atoms with Crippen LogP contribution in [-0.4, -0.2) is 41.8 Å². The summed E-state index contributed by atoms with van der Waals surface area (Å²) in [5.41, 5.74) is -1.03. The highest BCUT2D eigenvalue weighted by atomic mass is 28.4. The average Bonchev–Trinajstić information content (AvgIpc) is 3.15. The van der Waals surface area contributed by atoms with Crippen molar-refractivity contribution in [3.63, 3.8) is 0 Å². The molecule has 3 atom stereocenters. The summed E-state index contributed by atoms with van der Waals surface area (Å²) in [4.78, 5) is 25.8. The lowest BCUT2D eigenvalue weighted by molar-refractivity contribution is -0.0426. The molecule has 0 aliphatic carbocycles. The number of hydrogen-bond donors (Lipinski definition) is 2. The molecule has 0 saturated carbocycles. The van der Waals surface area contributed by atoms with Crippen LogP contribution in [0.5, 0.6) is 0 Å². The predicted molar refractivity (Wildman–Crippen MR) is 129 cm³/mol. The molecule has 33 heavy (non-hydrogen) atoms. The first-order valence-corrected chi connectivity index (χ1v) is 13.0. The van der Waals surface area contributed by atoms with Gasteiger partial charge in [-0.25, -0.2) is 4.79 Å². The van der Waals surface area contributed by atoms with Crippen molar-refractivity contribution >= 4 is 18.7 Å². The Balaban J connectivity index is 1.65. The first kappa shape index (κ1) is 23.4. The first-order valence-electron chi connectivity index (χ1n) is 11.1. The van der Waals surface area contributed by atoms with E-state index < -0.39 is 38.0 Å². The van der Waals surface area contributed by atoms with Gasteiger partial charge in [-0.3, -0.25) is 14.3 Å². The van der Waals surface area contributed by atoms with Crippen LogP contribution in [0.25, 0.3) is 0 Å². The van der Waals surface area contributed by atoms with Crippen LogP contribution in [-0.2, 0) is 9.16 Å². The van der Waals surface area contributed by atoms with Gasteiger partial charge in [-0.2, -0.15) is 0 Å². The van der Waals surface area contributed by atoms with Crippen molar-refractivity contribution in [3.8, 4) is 0 Å². The highest BCUT2D eigenvalue weighted by molar-refractivity contribution is 6.99. The van der Waals surface area contributed by atoms with Crippen molar-refractivity contribution in [1.82, 2.24) is 9.55 Å². The molecule has 0 bridgehead atoms. The van der Waals surface area contributed by atoms with Gasteiger partial charge in [0.25, 0.3) is 13.9 Å². The molecule has 1 aromatic heterocycles. The molecule has 1 saturated heterocycles. The van der Waals surface area contributed by atoms with Gasteiger partial charge in [0.1, 0.15) is 12.3 Å². The number of nitrogens with zero attached hydrogens (tertiary/aromatic N) is 1. The zero-order valence-electron chi connectivity index (χ0n) is 19.1. The first-order chi connectivity index (χ1) is 15.7. The Morgan fingerprint density at radius 1 is 1.03 bits per heavy atom. The van der Waals surface area contributed by atoms with E-state index in [4.69, 9.17) is 9.16 Å². The fraction of sp³-hybridized carbons (Fsp3) is 0.360. The molecule has 0 radical (unpaired) electrons. The van der Waals surface area contributed by atoms with Gasteiger partial charge < -0.3 is 14.3 Å². The van der Waals surface area contributed by atoms with Crippen LogP contribution >= 0.6 is 0 Å². The number of benzene rings is 2. The summed E-state index contributed by atoms with van der Waals surface area (Å²) < 4.78 is 14.2. The molecule has 0 amide bonds. The van der Waals surface area contributed by atoms with Crippen LogP contribution in [0.2, 0.25) is 5.04 Å². The fourth-order valence-corrected chi connectivity index (χ4v) is 9.23. The summed E-state index contributed by atoms with van der Waals surface area (Å²) in [7, 11) is -2.77. The van der Waals surface area contributed by atoms with Gasteiger partial charge in [-0.15, -0.1) is 0 Å². The van der Waals surface area contributed by atoms with Gasteiger partial charge in [0.2, 0.25) is 0 Å². The molecule has 1 aliphatic rings. The van der Waals surface area contributed by atoms with Gasteiger partial charge in [0.05, 0.1) is 12.7 Å². The van der Waals surface area contributed by atoms with Crippen molar-refractivity contribution in [2.75, 3.05) is 6.61 Å². The SMILES string of the molecule is CC(C)(C)[Si](OC[C@H]1O[C@@H](n2ccc(=O)[nH]c2=O)C[C@H]1O)(c1ccccc1)c1ccccc1. The number of aromatic amines is 1. The van der Waals surface area contributed by atoms with Crippen LogP contribution in [0.1, 0.15) is 33.4 Å². The van der Waals surface area contributed by atoms with E-state index in [2.05, 4.69) is 50.0 Å². The van der Waals surface area contributed by atoms with Crippen molar-refractivity contribution in [1.29, 1.82) is 0 Å². The summed E-state index contributed by atoms with van der Waals surface area (Å²) in [6.45, 7) is 6.75. The second-order valence-corrected chi connectivity index (χ2v) is 13.7. The second kappa shape index (κ2) is 9.22. The van der Waals surface area contributed by atoms with Crippen LogP contribution < -0.4 is 21.6 Å². The highest BCUT2D eigenvalue weighted by Gasteiger charge is 2.51. The van der Waals surface area contributed by atoms with Gasteiger partial charge in [0.15, 0.2) is 0 Å². The summed E-state index contributed by atoms with van der Waals surface area (Å²) in [5, 5.41) is 12.8. The fourth-order valence-electron chi connectivity index (χ4n) is 4.66. The van der Waals surface area contributed by atoms with Crippen LogP contribution in [0, 0.1) is 0 Å². The monoisotopic (exact) mass is 466 g/mol. The van der Waals surface area contributed by atoms with E-state index in [-0.39, 0.29) is 18.1 Å². The van der Waals surface area contributed by atoms with Crippen molar-refractivity contribution in [2.45, 2.75) is 50.7 Å². The van der Waals surface area contributed by atoms with Crippen LogP contribution in [0.4, 0.5) is 0 Å². The molecule has 3 aromatic rings. The second-order valence-electron chi connectivity index (χ2n) is 9.42. The van der Waals surface area contributed by atoms with Gasteiger partial charge in [-0.05, 0) is 15.4 Å². The van der Waals surface area contributed by atoms with Gasteiger partial charge >= 0.3 is 5.69 Å². The van der Waals surface area contributed by atoms with E-state index >= 15 is 0 Å². The quantitative estimate of drug-likeness (QED) is 0.540. The van der Waals surface area contributed by atoms with Crippen molar-refractivity contribution in [3.05, 3.63) is 93.8 Å². The van der Waals surface area contributed by atoms with E-state index in [1.165, 1.54) is 16.8 Å². The maximum Gasteiger partial charge on any atom is 0.330 e. The maximum atomic E-state index is 12.2. The van der Waals surface area contributed by atoms with E-state index in [1.807, 2.05) is 36.4 Å². The number of aromatic nitrogens is 2. The molecule has 2 N–H and O–H groups in total. The standard InChI is InChI=1S/C25H30N2O5Si/c1-25(2,3)33(18-10-6-4-7-11-18,19-12-8-5-9-13-19)31-17-21-20(28)16-23(32-21)27-15-14-22(29)26-24(27)30/h4-15,20-21,23,28H,16-17H2,1-3H3,(H,26,29,30)/t20-,21-,23-/m1/s1. The molecule has 0 unspecified atom stereocenters. The minimum absolute atomic E-state index is 0.184.